The summed E-state index contributed by atoms with van der Waals surface area (Å²) >= 11 is 9.18. The van der Waals surface area contributed by atoms with Crippen LogP contribution in [0, 0.1) is 6.92 Å². The molecular formula is C13H12BrClN2O2S. The van der Waals surface area contributed by atoms with Crippen molar-refractivity contribution in [3.8, 4) is 0 Å². The summed E-state index contributed by atoms with van der Waals surface area (Å²) in [7, 11) is -3.65. The molecule has 20 heavy (non-hydrogen) atoms. The van der Waals surface area contributed by atoms with Gasteiger partial charge in [0.05, 0.1) is 21.3 Å². The van der Waals surface area contributed by atoms with Crippen LogP contribution < -0.4 is 10.5 Å². The molecule has 2 aromatic carbocycles. The molecule has 106 valence electrons. The third-order valence-corrected chi connectivity index (χ3v) is 4.95. The Morgan fingerprint density at radius 2 is 1.80 bits per heavy atom. The number of hydrogen-bond acceptors (Lipinski definition) is 3. The van der Waals surface area contributed by atoms with Crippen LogP contribution in [0.15, 0.2) is 45.8 Å². The molecule has 0 radical (unpaired) electrons. The molecule has 0 saturated carbocycles. The number of hydrogen-bond donors (Lipinski definition) is 2. The average Bonchev–Trinajstić information content (AvgIpc) is 2.36. The average molecular weight is 376 g/mol. The number of aryl methyl sites for hydroxylation is 1. The van der Waals surface area contributed by atoms with Crippen LogP contribution in [0.25, 0.3) is 0 Å². The summed E-state index contributed by atoms with van der Waals surface area (Å²) < 4.78 is 27.8. The van der Waals surface area contributed by atoms with E-state index in [9.17, 15) is 8.42 Å². The molecule has 3 N–H and O–H groups in total. The van der Waals surface area contributed by atoms with Crippen molar-refractivity contribution in [3.05, 3.63) is 51.5 Å². The van der Waals surface area contributed by atoms with Gasteiger partial charge in [0.25, 0.3) is 10.0 Å². The molecule has 0 aliphatic heterocycles. The van der Waals surface area contributed by atoms with Crippen LogP contribution in [-0.4, -0.2) is 8.42 Å². The maximum absolute atomic E-state index is 12.3. The van der Waals surface area contributed by atoms with Crippen molar-refractivity contribution in [2.75, 3.05) is 10.5 Å². The Morgan fingerprint density at radius 3 is 2.40 bits per heavy atom. The van der Waals surface area contributed by atoms with Crippen LogP contribution in [0.3, 0.4) is 0 Å². The third-order valence-electron chi connectivity index (χ3n) is 2.71. The summed E-state index contributed by atoms with van der Waals surface area (Å²) in [5.74, 6) is 0. The van der Waals surface area contributed by atoms with Crippen LogP contribution in [0.1, 0.15) is 5.56 Å². The lowest BCUT2D eigenvalue weighted by atomic mass is 10.2. The molecule has 0 heterocycles. The Morgan fingerprint density at radius 1 is 1.20 bits per heavy atom. The molecule has 0 saturated heterocycles. The lowest BCUT2D eigenvalue weighted by Crippen LogP contribution is -2.13. The predicted octanol–water partition coefficient (Wildman–Crippen LogP) is 3.79. The number of nitrogens with one attached hydrogen (secondary N) is 1. The van der Waals surface area contributed by atoms with Gasteiger partial charge in [-0.15, -0.1) is 0 Å². The maximum Gasteiger partial charge on any atom is 0.261 e. The van der Waals surface area contributed by atoms with Crippen molar-refractivity contribution < 1.29 is 8.42 Å². The maximum atomic E-state index is 12.3. The van der Waals surface area contributed by atoms with Crippen molar-refractivity contribution in [1.82, 2.24) is 0 Å². The summed E-state index contributed by atoms with van der Waals surface area (Å²) in [6.45, 7) is 1.76. The predicted molar refractivity (Wildman–Crippen MR) is 85.6 cm³/mol. The van der Waals surface area contributed by atoms with E-state index in [2.05, 4.69) is 20.7 Å². The van der Waals surface area contributed by atoms with Gasteiger partial charge in [0, 0.05) is 4.47 Å². The van der Waals surface area contributed by atoms with E-state index in [-0.39, 0.29) is 4.90 Å². The van der Waals surface area contributed by atoms with Crippen LogP contribution in [0.4, 0.5) is 11.4 Å². The minimum Gasteiger partial charge on any atom is -0.398 e. The number of anilines is 2. The first-order valence-electron chi connectivity index (χ1n) is 5.63. The second kappa shape index (κ2) is 5.63. The quantitative estimate of drug-likeness (QED) is 0.802. The molecular weight excluding hydrogens is 364 g/mol. The fourth-order valence-corrected chi connectivity index (χ4v) is 3.18. The molecule has 4 nitrogen and oxygen atoms in total. The largest absolute Gasteiger partial charge is 0.398 e. The third kappa shape index (κ3) is 3.26. The molecule has 0 aliphatic rings. The van der Waals surface area contributed by atoms with E-state index >= 15 is 0 Å². The van der Waals surface area contributed by atoms with E-state index in [1.54, 1.807) is 25.1 Å². The normalized spacial score (nSPS) is 11.3. The number of halogens is 2. The lowest BCUT2D eigenvalue weighted by Gasteiger charge is -2.12. The second-order valence-corrected chi connectivity index (χ2v) is 7.25. The van der Waals surface area contributed by atoms with Crippen molar-refractivity contribution in [2.45, 2.75) is 11.8 Å². The molecule has 0 fully saturated rings. The van der Waals surface area contributed by atoms with E-state index in [1.165, 1.54) is 18.2 Å². The van der Waals surface area contributed by atoms with Gasteiger partial charge >= 0.3 is 0 Å². The van der Waals surface area contributed by atoms with E-state index in [0.29, 0.717) is 22.0 Å². The summed E-state index contributed by atoms with van der Waals surface area (Å²) in [5, 5.41) is 0.309. The molecule has 0 aliphatic carbocycles. The Hall–Kier alpha value is -1.24. The van der Waals surface area contributed by atoms with Gasteiger partial charge in [-0.2, -0.15) is 0 Å². The topological polar surface area (TPSA) is 72.2 Å². The van der Waals surface area contributed by atoms with Gasteiger partial charge in [0.2, 0.25) is 0 Å². The molecule has 0 bridgehead atoms. The summed E-state index contributed by atoms with van der Waals surface area (Å²) in [6.07, 6.45) is 0. The zero-order chi connectivity index (χ0) is 14.9. The highest BCUT2D eigenvalue weighted by atomic mass is 79.9. The highest BCUT2D eigenvalue weighted by Crippen LogP contribution is 2.28. The van der Waals surface area contributed by atoms with Gasteiger partial charge in [0.1, 0.15) is 0 Å². The highest BCUT2D eigenvalue weighted by Gasteiger charge is 2.16. The Kier molecular flexibility index (Phi) is 4.27. The van der Waals surface area contributed by atoms with Gasteiger partial charge in [-0.05, 0) is 48.9 Å². The van der Waals surface area contributed by atoms with Crippen molar-refractivity contribution >= 4 is 48.9 Å². The van der Waals surface area contributed by atoms with Crippen molar-refractivity contribution in [1.29, 1.82) is 0 Å². The monoisotopic (exact) mass is 374 g/mol. The molecule has 0 spiro atoms. The minimum atomic E-state index is -3.65. The van der Waals surface area contributed by atoms with Crippen LogP contribution in [0.2, 0.25) is 5.02 Å². The SMILES string of the molecule is Cc1cc(N)c(Cl)cc1NS(=O)(=O)c1ccc(Br)cc1. The van der Waals surface area contributed by atoms with Gasteiger partial charge in [-0.25, -0.2) is 8.42 Å². The molecule has 2 rings (SSSR count). The molecule has 0 unspecified atom stereocenters. The Bertz CT molecular complexity index is 746. The van der Waals surface area contributed by atoms with E-state index in [4.69, 9.17) is 17.3 Å². The fraction of sp³-hybridized carbons (Fsp3) is 0.0769. The number of benzene rings is 2. The molecule has 0 atom stereocenters. The van der Waals surface area contributed by atoms with Gasteiger partial charge in [-0.3, -0.25) is 4.72 Å². The summed E-state index contributed by atoms with van der Waals surface area (Å²) in [4.78, 5) is 0.174. The first-order valence-corrected chi connectivity index (χ1v) is 8.29. The first-order chi connectivity index (χ1) is 9.29. The molecule has 7 heteroatoms. The smallest absolute Gasteiger partial charge is 0.261 e. The van der Waals surface area contributed by atoms with Gasteiger partial charge in [0.15, 0.2) is 0 Å². The summed E-state index contributed by atoms with van der Waals surface area (Å²) in [5.41, 5.74) is 7.19. The zero-order valence-electron chi connectivity index (χ0n) is 10.5. The highest BCUT2D eigenvalue weighted by molar-refractivity contribution is 9.10. The van der Waals surface area contributed by atoms with E-state index in [0.717, 1.165) is 4.47 Å². The number of nitrogens with two attached hydrogens (primary N) is 1. The number of nitrogen functional groups attached to an aromatic ring is 1. The van der Waals surface area contributed by atoms with E-state index in [1.807, 2.05) is 0 Å². The standard InChI is InChI=1S/C13H12BrClN2O2S/c1-8-6-12(16)11(15)7-13(8)17-20(18,19)10-4-2-9(14)3-5-10/h2-7,17H,16H2,1H3. The minimum absolute atomic E-state index is 0.174. The van der Waals surface area contributed by atoms with Gasteiger partial charge in [-0.1, -0.05) is 27.5 Å². The van der Waals surface area contributed by atoms with Gasteiger partial charge < -0.3 is 5.73 Å². The lowest BCUT2D eigenvalue weighted by molar-refractivity contribution is 0.601. The molecule has 0 aromatic heterocycles. The number of sulfonamides is 1. The fourth-order valence-electron chi connectivity index (χ4n) is 1.63. The zero-order valence-corrected chi connectivity index (χ0v) is 13.7. The summed E-state index contributed by atoms with van der Waals surface area (Å²) in [6, 6.07) is 9.49. The second-order valence-electron chi connectivity index (χ2n) is 4.25. The van der Waals surface area contributed by atoms with Crippen LogP contribution in [0.5, 0.6) is 0 Å². The van der Waals surface area contributed by atoms with E-state index < -0.39 is 10.0 Å². The van der Waals surface area contributed by atoms with Crippen LogP contribution in [-0.2, 0) is 10.0 Å². The van der Waals surface area contributed by atoms with Crippen LogP contribution >= 0.6 is 27.5 Å². The Labute approximate surface area is 131 Å². The molecule has 0 amide bonds. The van der Waals surface area contributed by atoms with Crippen molar-refractivity contribution in [2.24, 2.45) is 0 Å². The first kappa shape index (κ1) is 15.2. The Balaban J connectivity index is 2.38. The molecule has 2 aromatic rings. The number of rotatable bonds is 3. The van der Waals surface area contributed by atoms with Crippen molar-refractivity contribution in [3.63, 3.8) is 0 Å².